The summed E-state index contributed by atoms with van der Waals surface area (Å²) in [6.45, 7) is 1.08. The van der Waals surface area contributed by atoms with E-state index in [9.17, 15) is 4.79 Å². The van der Waals surface area contributed by atoms with Crippen molar-refractivity contribution in [3.63, 3.8) is 0 Å². The highest BCUT2D eigenvalue weighted by atomic mass is 35.5. The molecule has 3 rings (SSSR count). The summed E-state index contributed by atoms with van der Waals surface area (Å²) in [7, 11) is 1.86. The van der Waals surface area contributed by atoms with E-state index >= 15 is 0 Å². The Morgan fingerprint density at radius 3 is 2.95 bits per heavy atom. The van der Waals surface area contributed by atoms with Crippen LogP contribution in [0, 0.1) is 0 Å². The molecule has 1 saturated heterocycles. The summed E-state index contributed by atoms with van der Waals surface area (Å²) in [4.78, 5) is 16.2. The van der Waals surface area contributed by atoms with Crippen molar-refractivity contribution in [2.75, 3.05) is 13.2 Å². The lowest BCUT2D eigenvalue weighted by Crippen LogP contribution is -2.40. The minimum absolute atomic E-state index is 0.240. The quantitative estimate of drug-likeness (QED) is 0.934. The summed E-state index contributed by atoms with van der Waals surface area (Å²) in [5, 5.41) is 7.60. The van der Waals surface area contributed by atoms with Gasteiger partial charge < -0.3 is 10.1 Å². The number of carbonyl (C=O) groups is 1. The largest absolute Gasteiger partial charge is 0.368 e. The molecule has 6 nitrogen and oxygen atoms in total. The first kappa shape index (κ1) is 15.0. The van der Waals surface area contributed by atoms with E-state index in [2.05, 4.69) is 15.4 Å². The lowest BCUT2D eigenvalue weighted by atomic mass is 9.93. The van der Waals surface area contributed by atoms with Crippen LogP contribution in [0.25, 0.3) is 0 Å². The molecule has 7 heteroatoms. The second kappa shape index (κ2) is 6.06. The van der Waals surface area contributed by atoms with E-state index in [1.807, 2.05) is 13.2 Å². The zero-order valence-corrected chi connectivity index (χ0v) is 13.0. The highest BCUT2D eigenvalue weighted by Gasteiger charge is 2.38. The fourth-order valence-corrected chi connectivity index (χ4v) is 2.76. The van der Waals surface area contributed by atoms with Crippen LogP contribution in [-0.2, 0) is 17.4 Å². The standard InChI is InChI=1S/C15H17ClN4O2/c1-20-9-11(7-19-20)15(5-2-6-22-15)10-18-14(21)13-4-3-12(16)8-17-13/h3-4,7-9H,2,5-6,10H2,1H3,(H,18,21). The third kappa shape index (κ3) is 2.98. The third-order valence-corrected chi connectivity index (χ3v) is 4.05. The van der Waals surface area contributed by atoms with Crippen LogP contribution < -0.4 is 5.32 Å². The molecule has 2 aromatic heterocycles. The van der Waals surface area contributed by atoms with Crippen molar-refractivity contribution in [1.82, 2.24) is 20.1 Å². The molecule has 0 spiro atoms. The molecule has 1 atom stereocenters. The van der Waals surface area contributed by atoms with Crippen molar-refractivity contribution in [3.8, 4) is 0 Å². The molecule has 0 bridgehead atoms. The zero-order valence-electron chi connectivity index (χ0n) is 12.3. The van der Waals surface area contributed by atoms with Gasteiger partial charge in [0, 0.05) is 31.6 Å². The first-order valence-electron chi connectivity index (χ1n) is 7.12. The number of carbonyl (C=O) groups excluding carboxylic acids is 1. The van der Waals surface area contributed by atoms with Crippen LogP contribution >= 0.6 is 11.6 Å². The molecule has 0 aromatic carbocycles. The number of hydrogen-bond donors (Lipinski definition) is 1. The summed E-state index contributed by atoms with van der Waals surface area (Å²) in [6, 6.07) is 3.25. The molecular weight excluding hydrogens is 304 g/mol. The van der Waals surface area contributed by atoms with Crippen molar-refractivity contribution < 1.29 is 9.53 Å². The molecule has 1 unspecified atom stereocenters. The normalized spacial score (nSPS) is 21.0. The molecule has 1 fully saturated rings. The van der Waals surface area contributed by atoms with Crippen molar-refractivity contribution in [2.24, 2.45) is 7.05 Å². The van der Waals surface area contributed by atoms with E-state index in [0.29, 0.717) is 23.9 Å². The Morgan fingerprint density at radius 2 is 2.36 bits per heavy atom. The van der Waals surface area contributed by atoms with Gasteiger partial charge in [-0.2, -0.15) is 5.10 Å². The number of amides is 1. The Bertz CT molecular complexity index is 662. The molecule has 116 valence electrons. The molecule has 0 radical (unpaired) electrons. The summed E-state index contributed by atoms with van der Waals surface area (Å²) >= 11 is 5.78. The lowest BCUT2D eigenvalue weighted by Gasteiger charge is -2.27. The lowest BCUT2D eigenvalue weighted by molar-refractivity contribution is 0.00126. The Hall–Kier alpha value is -1.92. The number of nitrogens with one attached hydrogen (secondary N) is 1. The second-order valence-corrected chi connectivity index (χ2v) is 5.83. The molecule has 1 amide bonds. The van der Waals surface area contributed by atoms with Crippen LogP contribution in [0.5, 0.6) is 0 Å². The highest BCUT2D eigenvalue weighted by molar-refractivity contribution is 6.30. The van der Waals surface area contributed by atoms with Crippen molar-refractivity contribution in [2.45, 2.75) is 18.4 Å². The fraction of sp³-hybridized carbons (Fsp3) is 0.400. The van der Waals surface area contributed by atoms with E-state index < -0.39 is 5.60 Å². The number of hydrogen-bond acceptors (Lipinski definition) is 4. The maximum absolute atomic E-state index is 12.2. The van der Waals surface area contributed by atoms with Crippen molar-refractivity contribution in [1.29, 1.82) is 0 Å². The Balaban J connectivity index is 1.72. The zero-order chi connectivity index (χ0) is 15.6. The third-order valence-electron chi connectivity index (χ3n) is 3.83. The van der Waals surface area contributed by atoms with Gasteiger partial charge in [-0.15, -0.1) is 0 Å². The van der Waals surface area contributed by atoms with Gasteiger partial charge in [-0.3, -0.25) is 9.48 Å². The Kier molecular flexibility index (Phi) is 4.13. The highest BCUT2D eigenvalue weighted by Crippen LogP contribution is 2.35. The molecule has 1 aliphatic heterocycles. The van der Waals surface area contributed by atoms with Gasteiger partial charge in [0.25, 0.3) is 5.91 Å². The first-order chi connectivity index (χ1) is 10.6. The molecule has 0 saturated carbocycles. The summed E-state index contributed by atoms with van der Waals surface area (Å²) in [5.41, 5.74) is 0.816. The molecule has 1 N–H and O–H groups in total. The van der Waals surface area contributed by atoms with Crippen molar-refractivity contribution in [3.05, 3.63) is 47.0 Å². The van der Waals surface area contributed by atoms with E-state index in [-0.39, 0.29) is 5.91 Å². The van der Waals surface area contributed by atoms with Crippen molar-refractivity contribution >= 4 is 17.5 Å². The molecule has 3 heterocycles. The van der Waals surface area contributed by atoms with E-state index in [1.54, 1.807) is 23.0 Å². The van der Waals surface area contributed by atoms with E-state index in [0.717, 1.165) is 18.4 Å². The topological polar surface area (TPSA) is 69.0 Å². The SMILES string of the molecule is Cn1cc(C2(CNC(=O)c3ccc(Cl)cn3)CCCO2)cn1. The maximum atomic E-state index is 12.2. The predicted molar refractivity (Wildman–Crippen MR) is 81.7 cm³/mol. The molecule has 1 aliphatic rings. The first-order valence-corrected chi connectivity index (χ1v) is 7.50. The van der Waals surface area contributed by atoms with Gasteiger partial charge in [-0.25, -0.2) is 4.98 Å². The van der Waals surface area contributed by atoms with Crippen LogP contribution in [0.2, 0.25) is 5.02 Å². The minimum Gasteiger partial charge on any atom is -0.368 e. The van der Waals surface area contributed by atoms with Crippen LogP contribution in [0.4, 0.5) is 0 Å². The van der Waals surface area contributed by atoms with E-state index in [1.165, 1.54) is 6.20 Å². The van der Waals surface area contributed by atoms with Gasteiger partial charge in [0.05, 0.1) is 17.8 Å². The molecule has 0 aliphatic carbocycles. The summed E-state index contributed by atoms with van der Waals surface area (Å²) in [6.07, 6.45) is 6.99. The van der Waals surface area contributed by atoms with Gasteiger partial charge in [0.1, 0.15) is 11.3 Å². The maximum Gasteiger partial charge on any atom is 0.269 e. The summed E-state index contributed by atoms with van der Waals surface area (Å²) in [5.74, 6) is -0.240. The number of pyridine rings is 1. The second-order valence-electron chi connectivity index (χ2n) is 5.39. The number of aryl methyl sites for hydroxylation is 1. The average molecular weight is 321 g/mol. The predicted octanol–water partition coefficient (Wildman–Crippen LogP) is 1.90. The molecule has 22 heavy (non-hydrogen) atoms. The smallest absolute Gasteiger partial charge is 0.269 e. The average Bonchev–Trinajstić information content (AvgIpc) is 3.15. The van der Waals surface area contributed by atoms with Crippen LogP contribution in [0.3, 0.4) is 0 Å². The molecular formula is C15H17ClN4O2. The van der Waals surface area contributed by atoms with Crippen LogP contribution in [0.1, 0.15) is 28.9 Å². The van der Waals surface area contributed by atoms with Gasteiger partial charge in [-0.05, 0) is 25.0 Å². The van der Waals surface area contributed by atoms with Gasteiger partial charge >= 0.3 is 0 Å². The Labute approximate surface area is 133 Å². The Morgan fingerprint density at radius 1 is 1.50 bits per heavy atom. The fourth-order valence-electron chi connectivity index (χ4n) is 2.65. The number of nitrogens with zero attached hydrogens (tertiary/aromatic N) is 3. The number of rotatable bonds is 4. The van der Waals surface area contributed by atoms with E-state index in [4.69, 9.17) is 16.3 Å². The summed E-state index contributed by atoms with van der Waals surface area (Å²) < 4.78 is 7.67. The van der Waals surface area contributed by atoms with Crippen LogP contribution in [-0.4, -0.2) is 33.8 Å². The number of ether oxygens (including phenoxy) is 1. The number of halogens is 1. The monoisotopic (exact) mass is 320 g/mol. The van der Waals surface area contributed by atoms with Gasteiger partial charge in [-0.1, -0.05) is 11.6 Å². The van der Waals surface area contributed by atoms with Gasteiger partial charge in [0.2, 0.25) is 0 Å². The number of aromatic nitrogens is 3. The minimum atomic E-state index is -0.504. The van der Waals surface area contributed by atoms with Crippen LogP contribution in [0.15, 0.2) is 30.7 Å². The molecule has 2 aromatic rings. The van der Waals surface area contributed by atoms with Gasteiger partial charge in [0.15, 0.2) is 0 Å².